The largest absolute Gasteiger partial charge is 0.507 e. The first-order valence-corrected chi connectivity index (χ1v) is 9.64. The summed E-state index contributed by atoms with van der Waals surface area (Å²) in [4.78, 5) is 37.5. The number of hydrogen-bond acceptors (Lipinski definition) is 7. The Labute approximate surface area is 178 Å². The van der Waals surface area contributed by atoms with Crippen molar-refractivity contribution in [3.8, 4) is 5.75 Å². The zero-order valence-corrected chi connectivity index (χ0v) is 17.1. The minimum absolute atomic E-state index is 0.0779. The van der Waals surface area contributed by atoms with E-state index in [9.17, 15) is 24.8 Å². The summed E-state index contributed by atoms with van der Waals surface area (Å²) in [7, 11) is 1.46. The third-order valence-corrected chi connectivity index (χ3v) is 4.91. The van der Waals surface area contributed by atoms with Crippen LogP contribution in [0.2, 0.25) is 0 Å². The number of methoxy groups -OCH3 is 1. The van der Waals surface area contributed by atoms with Crippen LogP contribution in [0.25, 0.3) is 5.76 Å². The van der Waals surface area contributed by atoms with Crippen LogP contribution in [0.5, 0.6) is 5.75 Å². The molecule has 2 aromatic carbocycles. The molecule has 9 heteroatoms. The number of rotatable bonds is 8. The Morgan fingerprint density at radius 3 is 2.52 bits per heavy atom. The summed E-state index contributed by atoms with van der Waals surface area (Å²) in [6, 6.07) is 11.1. The zero-order chi connectivity index (χ0) is 22.5. The summed E-state index contributed by atoms with van der Waals surface area (Å²) in [5.74, 6) is -1.44. The smallest absolute Gasteiger partial charge is 0.295 e. The number of ketones is 1. The van der Waals surface area contributed by atoms with Gasteiger partial charge in [0, 0.05) is 31.4 Å². The minimum atomic E-state index is -0.985. The number of nitro benzene ring substituents is 1. The molecular weight excluding hydrogens is 404 g/mol. The van der Waals surface area contributed by atoms with E-state index >= 15 is 0 Å². The third-order valence-electron chi connectivity index (χ3n) is 4.91. The standard InChI is InChI=1S/C22H22N2O7/c1-3-31-17-9-7-14(8-10-17)20(25)18-19(15-5-4-6-16(13-15)24(28)29)23(11-12-30-2)22(27)21(18)26/h4-10,13,19,25H,3,11-12H2,1-2H3. The number of nitrogens with zero attached hydrogens (tertiary/aromatic N) is 2. The molecule has 2 aromatic rings. The minimum Gasteiger partial charge on any atom is -0.507 e. The fourth-order valence-electron chi connectivity index (χ4n) is 3.49. The first-order valence-electron chi connectivity index (χ1n) is 9.64. The SMILES string of the molecule is CCOc1ccc(C(O)=C2C(=O)C(=O)N(CCOC)C2c2cccc([N+](=O)[O-])c2)cc1. The highest BCUT2D eigenvalue weighted by Gasteiger charge is 2.46. The normalized spacial score (nSPS) is 17.7. The second-order valence-electron chi connectivity index (χ2n) is 6.79. The van der Waals surface area contributed by atoms with E-state index in [0.29, 0.717) is 23.5 Å². The van der Waals surface area contributed by atoms with Crippen molar-refractivity contribution < 1.29 is 29.1 Å². The highest BCUT2D eigenvalue weighted by atomic mass is 16.6. The molecule has 162 valence electrons. The molecule has 1 amide bonds. The number of carbonyl (C=O) groups is 2. The first kappa shape index (κ1) is 22.0. The molecule has 1 heterocycles. The third kappa shape index (κ3) is 4.41. The van der Waals surface area contributed by atoms with Crippen molar-refractivity contribution in [2.24, 2.45) is 0 Å². The molecular formula is C22H22N2O7. The maximum Gasteiger partial charge on any atom is 0.295 e. The number of likely N-dealkylation sites (tertiary alicyclic amines) is 1. The number of aliphatic hydroxyl groups is 1. The summed E-state index contributed by atoms with van der Waals surface area (Å²) >= 11 is 0. The second-order valence-corrected chi connectivity index (χ2v) is 6.79. The van der Waals surface area contributed by atoms with Crippen molar-refractivity contribution in [3.05, 3.63) is 75.3 Å². The summed E-state index contributed by atoms with van der Waals surface area (Å²) < 4.78 is 10.4. The molecule has 0 bridgehead atoms. The molecule has 1 saturated heterocycles. The summed E-state index contributed by atoms with van der Waals surface area (Å²) in [6.07, 6.45) is 0. The summed E-state index contributed by atoms with van der Waals surface area (Å²) in [6.45, 7) is 2.55. The van der Waals surface area contributed by atoms with E-state index in [0.717, 1.165) is 0 Å². The Balaban J connectivity index is 2.13. The van der Waals surface area contributed by atoms with Gasteiger partial charge in [0.2, 0.25) is 0 Å². The van der Waals surface area contributed by atoms with Crippen LogP contribution in [-0.4, -0.2) is 53.5 Å². The number of carbonyl (C=O) groups excluding carboxylic acids is 2. The molecule has 3 rings (SSSR count). The van der Waals surface area contributed by atoms with Gasteiger partial charge in [0.15, 0.2) is 0 Å². The van der Waals surface area contributed by atoms with Gasteiger partial charge in [0.05, 0.1) is 29.8 Å². The molecule has 1 aliphatic rings. The van der Waals surface area contributed by atoms with E-state index in [2.05, 4.69) is 0 Å². The average Bonchev–Trinajstić information content (AvgIpc) is 3.02. The van der Waals surface area contributed by atoms with E-state index in [1.165, 1.54) is 30.2 Å². The number of nitro groups is 1. The molecule has 0 saturated carbocycles. The lowest BCUT2D eigenvalue weighted by Gasteiger charge is -2.24. The van der Waals surface area contributed by atoms with Gasteiger partial charge in [-0.2, -0.15) is 0 Å². The van der Waals surface area contributed by atoms with Crippen molar-refractivity contribution in [1.29, 1.82) is 0 Å². The second kappa shape index (κ2) is 9.40. The first-order chi connectivity index (χ1) is 14.9. The lowest BCUT2D eigenvalue weighted by Crippen LogP contribution is -2.32. The lowest BCUT2D eigenvalue weighted by atomic mass is 9.95. The van der Waals surface area contributed by atoms with Crippen molar-refractivity contribution in [3.63, 3.8) is 0 Å². The average molecular weight is 426 g/mol. The highest BCUT2D eigenvalue weighted by Crippen LogP contribution is 2.40. The fourth-order valence-corrected chi connectivity index (χ4v) is 3.49. The summed E-state index contributed by atoms with van der Waals surface area (Å²) in [5, 5.41) is 22.2. The van der Waals surface area contributed by atoms with Gasteiger partial charge in [-0.25, -0.2) is 0 Å². The van der Waals surface area contributed by atoms with Crippen molar-refractivity contribution >= 4 is 23.1 Å². The molecule has 1 aliphatic heterocycles. The molecule has 0 aromatic heterocycles. The molecule has 1 atom stereocenters. The van der Waals surface area contributed by atoms with Crippen LogP contribution >= 0.6 is 0 Å². The number of Topliss-reactive ketones (excluding diaryl/α,β-unsaturated/α-hetero) is 1. The predicted octanol–water partition coefficient (Wildman–Crippen LogP) is 3.06. The lowest BCUT2D eigenvalue weighted by molar-refractivity contribution is -0.384. The van der Waals surface area contributed by atoms with Crippen molar-refractivity contribution in [2.75, 3.05) is 26.9 Å². The number of ether oxygens (including phenoxy) is 2. The molecule has 1 N–H and O–H groups in total. The van der Waals surface area contributed by atoms with E-state index in [1.807, 2.05) is 6.92 Å². The van der Waals surface area contributed by atoms with Crippen LogP contribution in [0, 0.1) is 10.1 Å². The van der Waals surface area contributed by atoms with Crippen LogP contribution < -0.4 is 4.74 Å². The molecule has 31 heavy (non-hydrogen) atoms. The van der Waals surface area contributed by atoms with Gasteiger partial charge in [0.1, 0.15) is 11.5 Å². The number of hydrogen-bond donors (Lipinski definition) is 1. The maximum atomic E-state index is 12.9. The molecule has 0 spiro atoms. The Hall–Kier alpha value is -3.72. The zero-order valence-electron chi connectivity index (χ0n) is 17.1. The van der Waals surface area contributed by atoms with Crippen molar-refractivity contribution in [2.45, 2.75) is 13.0 Å². The van der Waals surface area contributed by atoms with Crippen LogP contribution in [0.15, 0.2) is 54.1 Å². The van der Waals surface area contributed by atoms with Crippen LogP contribution in [-0.2, 0) is 14.3 Å². The van der Waals surface area contributed by atoms with E-state index in [4.69, 9.17) is 9.47 Å². The molecule has 9 nitrogen and oxygen atoms in total. The van der Waals surface area contributed by atoms with Gasteiger partial charge in [0.25, 0.3) is 17.4 Å². The quantitative estimate of drug-likeness (QED) is 0.226. The van der Waals surface area contributed by atoms with Gasteiger partial charge < -0.3 is 19.5 Å². The van der Waals surface area contributed by atoms with Gasteiger partial charge in [-0.05, 0) is 36.8 Å². The molecule has 1 unspecified atom stereocenters. The topological polar surface area (TPSA) is 119 Å². The monoisotopic (exact) mass is 426 g/mol. The molecule has 0 radical (unpaired) electrons. The number of aliphatic hydroxyl groups excluding tert-OH is 1. The van der Waals surface area contributed by atoms with Gasteiger partial charge in [-0.15, -0.1) is 0 Å². The Kier molecular flexibility index (Phi) is 6.66. The van der Waals surface area contributed by atoms with Crippen molar-refractivity contribution in [1.82, 2.24) is 4.90 Å². The van der Waals surface area contributed by atoms with Crippen LogP contribution in [0.3, 0.4) is 0 Å². The Morgan fingerprint density at radius 1 is 1.19 bits per heavy atom. The Morgan fingerprint density at radius 2 is 1.90 bits per heavy atom. The van der Waals surface area contributed by atoms with Gasteiger partial charge >= 0.3 is 0 Å². The van der Waals surface area contributed by atoms with Crippen LogP contribution in [0.4, 0.5) is 5.69 Å². The van der Waals surface area contributed by atoms with Crippen LogP contribution in [0.1, 0.15) is 24.1 Å². The highest BCUT2D eigenvalue weighted by molar-refractivity contribution is 6.46. The number of non-ortho nitro benzene ring substituents is 1. The number of amides is 1. The molecule has 0 aliphatic carbocycles. The van der Waals surface area contributed by atoms with E-state index in [1.54, 1.807) is 30.3 Å². The molecule has 1 fully saturated rings. The van der Waals surface area contributed by atoms with Gasteiger partial charge in [-0.3, -0.25) is 19.7 Å². The van der Waals surface area contributed by atoms with Gasteiger partial charge in [-0.1, -0.05) is 12.1 Å². The maximum absolute atomic E-state index is 12.9. The van der Waals surface area contributed by atoms with E-state index in [-0.39, 0.29) is 30.2 Å². The Bertz CT molecular complexity index is 1030. The fraction of sp³-hybridized carbons (Fsp3) is 0.273. The van der Waals surface area contributed by atoms with E-state index < -0.39 is 22.7 Å². The number of benzene rings is 2. The summed E-state index contributed by atoms with van der Waals surface area (Å²) in [5.41, 5.74) is 0.349. The predicted molar refractivity (Wildman–Crippen MR) is 112 cm³/mol.